The number of rotatable bonds is 2. The number of carbonyl (C=O) groups is 3. The molecule has 1 atom stereocenters. The summed E-state index contributed by atoms with van der Waals surface area (Å²) in [7, 11) is 0. The van der Waals surface area contributed by atoms with Crippen molar-refractivity contribution in [2.45, 2.75) is 13.8 Å². The molecule has 0 saturated carbocycles. The summed E-state index contributed by atoms with van der Waals surface area (Å²) in [6, 6.07) is 12.0. The summed E-state index contributed by atoms with van der Waals surface area (Å²) in [5.41, 5.74) is 0.0714. The van der Waals surface area contributed by atoms with Crippen molar-refractivity contribution < 1.29 is 19.3 Å². The average Bonchev–Trinajstić information content (AvgIpc) is 2.76. The predicted molar refractivity (Wildman–Crippen MR) is 98.5 cm³/mol. The van der Waals surface area contributed by atoms with Gasteiger partial charge in [0.1, 0.15) is 5.56 Å². The molecule has 1 unspecified atom stereocenters. The number of anilines is 2. The molecular formula is C19H17N3O5. The van der Waals surface area contributed by atoms with E-state index < -0.39 is 22.7 Å². The summed E-state index contributed by atoms with van der Waals surface area (Å²) in [5, 5.41) is 11.3. The van der Waals surface area contributed by atoms with Gasteiger partial charge in [0.2, 0.25) is 11.8 Å². The van der Waals surface area contributed by atoms with Crippen LogP contribution in [0.5, 0.6) is 0 Å². The minimum absolute atomic E-state index is 0.117. The molecule has 3 rings (SSSR count). The van der Waals surface area contributed by atoms with Gasteiger partial charge >= 0.3 is 0 Å². The number of para-hydroxylation sites is 3. The molecule has 2 aromatic carbocycles. The number of nitro groups is 1. The quantitative estimate of drug-likeness (QED) is 0.461. The maximum atomic E-state index is 13.2. The smallest absolute Gasteiger partial charge is 0.282 e. The Hall–Kier alpha value is -3.55. The van der Waals surface area contributed by atoms with E-state index in [1.165, 1.54) is 36.1 Å². The van der Waals surface area contributed by atoms with Gasteiger partial charge in [0.25, 0.3) is 11.6 Å². The molecule has 8 nitrogen and oxygen atoms in total. The summed E-state index contributed by atoms with van der Waals surface area (Å²) in [6.45, 7) is 3.11. The Morgan fingerprint density at radius 1 is 1.07 bits per heavy atom. The lowest BCUT2D eigenvalue weighted by Crippen LogP contribution is -2.41. The Bertz CT molecular complexity index is 956. The van der Waals surface area contributed by atoms with Crippen LogP contribution >= 0.6 is 0 Å². The Morgan fingerprint density at radius 3 is 2.30 bits per heavy atom. The molecule has 0 bridgehead atoms. The SMILES string of the molecule is CC(=O)N1CC(C)C(=O)N(C(=O)c2ccccc2[N+](=O)[O-])c2ccccc21. The molecule has 0 aromatic heterocycles. The van der Waals surface area contributed by atoms with Gasteiger partial charge in [0.05, 0.1) is 22.2 Å². The van der Waals surface area contributed by atoms with E-state index in [1.54, 1.807) is 31.2 Å². The van der Waals surface area contributed by atoms with Crippen LogP contribution in [0.4, 0.5) is 17.1 Å². The van der Waals surface area contributed by atoms with Gasteiger partial charge in [-0.15, -0.1) is 0 Å². The van der Waals surface area contributed by atoms with Crippen molar-refractivity contribution in [2.24, 2.45) is 5.92 Å². The number of hydrogen-bond donors (Lipinski definition) is 0. The van der Waals surface area contributed by atoms with Crippen molar-refractivity contribution in [2.75, 3.05) is 16.3 Å². The molecule has 0 aliphatic carbocycles. The van der Waals surface area contributed by atoms with Gasteiger partial charge in [-0.1, -0.05) is 31.2 Å². The van der Waals surface area contributed by atoms with Crippen LogP contribution in [0.15, 0.2) is 48.5 Å². The van der Waals surface area contributed by atoms with Gasteiger partial charge in [0.15, 0.2) is 0 Å². The highest BCUT2D eigenvalue weighted by molar-refractivity contribution is 6.25. The highest BCUT2D eigenvalue weighted by atomic mass is 16.6. The molecule has 0 radical (unpaired) electrons. The van der Waals surface area contributed by atoms with Crippen molar-refractivity contribution in [3.63, 3.8) is 0 Å². The standard InChI is InChI=1S/C19H17N3O5/c1-12-11-20(13(2)23)16-9-5-6-10-17(16)21(18(12)24)19(25)14-7-3-4-8-15(14)22(26)27/h3-10,12H,11H2,1-2H3. The topological polar surface area (TPSA) is 101 Å². The molecule has 0 fully saturated rings. The van der Waals surface area contributed by atoms with Crippen LogP contribution in [-0.4, -0.2) is 29.2 Å². The van der Waals surface area contributed by atoms with Gasteiger partial charge in [-0.3, -0.25) is 24.5 Å². The maximum Gasteiger partial charge on any atom is 0.282 e. The van der Waals surface area contributed by atoms with Crippen molar-refractivity contribution in [1.29, 1.82) is 0 Å². The molecular weight excluding hydrogens is 350 g/mol. The van der Waals surface area contributed by atoms with Crippen LogP contribution in [0, 0.1) is 16.0 Å². The molecule has 8 heteroatoms. The number of hydrogen-bond acceptors (Lipinski definition) is 5. The molecule has 0 spiro atoms. The van der Waals surface area contributed by atoms with Crippen LogP contribution in [0.3, 0.4) is 0 Å². The largest absolute Gasteiger partial charge is 0.310 e. The molecule has 3 amide bonds. The second-order valence-corrected chi connectivity index (χ2v) is 6.27. The van der Waals surface area contributed by atoms with Gasteiger partial charge in [-0.2, -0.15) is 0 Å². The Kier molecular flexibility index (Phi) is 4.72. The fourth-order valence-electron chi connectivity index (χ4n) is 3.11. The zero-order valence-electron chi connectivity index (χ0n) is 14.8. The zero-order chi connectivity index (χ0) is 19.7. The van der Waals surface area contributed by atoms with E-state index in [9.17, 15) is 24.5 Å². The molecule has 0 saturated heterocycles. The Balaban J connectivity index is 2.20. The van der Waals surface area contributed by atoms with E-state index in [4.69, 9.17) is 0 Å². The minimum atomic E-state index is -0.794. The van der Waals surface area contributed by atoms with Crippen LogP contribution in [0.25, 0.3) is 0 Å². The fraction of sp³-hybridized carbons (Fsp3) is 0.211. The van der Waals surface area contributed by atoms with E-state index in [1.807, 2.05) is 0 Å². The fourth-order valence-corrected chi connectivity index (χ4v) is 3.11. The highest BCUT2D eigenvalue weighted by Crippen LogP contribution is 2.36. The van der Waals surface area contributed by atoms with Gasteiger partial charge in [-0.25, -0.2) is 4.90 Å². The van der Waals surface area contributed by atoms with Gasteiger partial charge in [-0.05, 0) is 18.2 Å². The summed E-state index contributed by atoms with van der Waals surface area (Å²) in [4.78, 5) is 51.2. The van der Waals surface area contributed by atoms with E-state index >= 15 is 0 Å². The summed E-state index contributed by atoms with van der Waals surface area (Å²) >= 11 is 0. The third kappa shape index (κ3) is 3.17. The number of nitro benzene ring substituents is 1. The first-order valence-corrected chi connectivity index (χ1v) is 8.31. The average molecular weight is 367 g/mol. The second kappa shape index (κ2) is 6.99. The summed E-state index contributed by atoms with van der Waals surface area (Å²) < 4.78 is 0. The molecule has 2 aromatic rings. The molecule has 1 heterocycles. The first kappa shape index (κ1) is 18.2. The molecule has 1 aliphatic heterocycles. The Morgan fingerprint density at radius 2 is 1.67 bits per heavy atom. The molecule has 27 heavy (non-hydrogen) atoms. The third-order valence-corrected chi connectivity index (χ3v) is 4.43. The van der Waals surface area contributed by atoms with E-state index in [2.05, 4.69) is 0 Å². The normalized spacial score (nSPS) is 16.5. The van der Waals surface area contributed by atoms with Crippen LogP contribution in [0.2, 0.25) is 0 Å². The summed E-state index contributed by atoms with van der Waals surface area (Å²) in [5.74, 6) is -2.23. The lowest BCUT2D eigenvalue weighted by Gasteiger charge is -2.23. The van der Waals surface area contributed by atoms with Gasteiger partial charge in [0, 0.05) is 19.5 Å². The number of amides is 3. The monoisotopic (exact) mass is 367 g/mol. The first-order chi connectivity index (χ1) is 12.8. The van der Waals surface area contributed by atoms with Crippen molar-refractivity contribution >= 4 is 34.8 Å². The zero-order valence-corrected chi connectivity index (χ0v) is 14.8. The third-order valence-electron chi connectivity index (χ3n) is 4.43. The van der Waals surface area contributed by atoms with Crippen molar-refractivity contribution in [1.82, 2.24) is 0 Å². The van der Waals surface area contributed by atoms with Crippen LogP contribution in [0.1, 0.15) is 24.2 Å². The number of carbonyl (C=O) groups excluding carboxylic acids is 3. The lowest BCUT2D eigenvalue weighted by atomic mass is 10.1. The lowest BCUT2D eigenvalue weighted by molar-refractivity contribution is -0.385. The maximum absolute atomic E-state index is 13.2. The highest BCUT2D eigenvalue weighted by Gasteiger charge is 2.38. The van der Waals surface area contributed by atoms with E-state index in [0.29, 0.717) is 5.69 Å². The minimum Gasteiger partial charge on any atom is -0.310 e. The van der Waals surface area contributed by atoms with Crippen molar-refractivity contribution in [3.8, 4) is 0 Å². The van der Waals surface area contributed by atoms with Crippen LogP contribution in [-0.2, 0) is 9.59 Å². The number of imide groups is 1. The molecule has 0 N–H and O–H groups in total. The van der Waals surface area contributed by atoms with Gasteiger partial charge < -0.3 is 4.90 Å². The van der Waals surface area contributed by atoms with E-state index in [0.717, 1.165) is 4.90 Å². The molecule has 1 aliphatic rings. The Labute approximate surface area is 155 Å². The predicted octanol–water partition coefficient (Wildman–Crippen LogP) is 2.77. The number of nitrogens with zero attached hydrogens (tertiary/aromatic N) is 3. The first-order valence-electron chi connectivity index (χ1n) is 8.31. The van der Waals surface area contributed by atoms with Crippen molar-refractivity contribution in [3.05, 3.63) is 64.2 Å². The summed E-state index contributed by atoms with van der Waals surface area (Å²) in [6.07, 6.45) is 0. The molecule has 138 valence electrons. The number of fused-ring (bicyclic) bond motifs is 1. The van der Waals surface area contributed by atoms with Crippen LogP contribution < -0.4 is 9.80 Å². The number of benzene rings is 2. The second-order valence-electron chi connectivity index (χ2n) is 6.27. The van der Waals surface area contributed by atoms with E-state index in [-0.39, 0.29) is 29.4 Å².